The maximum atomic E-state index is 12.4. The average molecular weight is 315 g/mol. The van der Waals surface area contributed by atoms with Crippen LogP contribution in [0.25, 0.3) is 0 Å². The number of ether oxygens (including phenoxy) is 1. The summed E-state index contributed by atoms with van der Waals surface area (Å²) in [6, 6.07) is 15.2. The minimum Gasteiger partial charge on any atom is -0.495 e. The molecular formula is C17H17NO3S. The van der Waals surface area contributed by atoms with Crippen LogP contribution in [0.4, 0.5) is 5.69 Å². The van der Waals surface area contributed by atoms with Gasteiger partial charge in [-0.15, -0.1) is 11.8 Å². The molecule has 0 saturated carbocycles. The molecule has 0 radical (unpaired) electrons. The Morgan fingerprint density at radius 3 is 2.86 bits per heavy atom. The second-order valence-electron chi connectivity index (χ2n) is 5.00. The van der Waals surface area contributed by atoms with E-state index in [4.69, 9.17) is 4.74 Å². The van der Waals surface area contributed by atoms with E-state index in [1.807, 2.05) is 48.5 Å². The fourth-order valence-electron chi connectivity index (χ4n) is 2.60. The molecule has 1 aliphatic rings. The summed E-state index contributed by atoms with van der Waals surface area (Å²) in [5.41, 5.74) is 2.63. The van der Waals surface area contributed by atoms with Crippen LogP contribution in [0.5, 0.6) is 5.75 Å². The molecule has 1 heterocycles. The van der Waals surface area contributed by atoms with E-state index in [9.17, 15) is 9.90 Å². The summed E-state index contributed by atoms with van der Waals surface area (Å²) < 4.78 is 5.39. The Hall–Kier alpha value is -1.98. The van der Waals surface area contributed by atoms with Gasteiger partial charge >= 0.3 is 0 Å². The first kappa shape index (κ1) is 14.9. The Morgan fingerprint density at radius 1 is 1.27 bits per heavy atom. The van der Waals surface area contributed by atoms with Crippen molar-refractivity contribution in [1.29, 1.82) is 0 Å². The molecule has 22 heavy (non-hydrogen) atoms. The first-order valence-corrected chi connectivity index (χ1v) is 8.06. The number of carbonyl (C=O) groups excluding carboxylic acids is 1. The fourth-order valence-corrected chi connectivity index (χ4v) is 3.76. The molecular weight excluding hydrogens is 298 g/mol. The molecule has 0 aromatic heterocycles. The third-order valence-corrected chi connectivity index (χ3v) is 4.84. The lowest BCUT2D eigenvalue weighted by Gasteiger charge is -2.26. The van der Waals surface area contributed by atoms with Crippen molar-refractivity contribution < 1.29 is 14.6 Å². The molecule has 1 saturated heterocycles. The zero-order chi connectivity index (χ0) is 15.5. The molecule has 1 amide bonds. The number of para-hydroxylation sites is 2. The standard InChI is InChI=1S/C17H17NO3S/c1-21-15-8-3-2-7-14(15)18-16(20)11-22-17(18)13-6-4-5-12(9-13)10-19/h2-9,17,19H,10-11H2,1H3. The van der Waals surface area contributed by atoms with E-state index in [0.29, 0.717) is 11.5 Å². The molecule has 0 bridgehead atoms. The zero-order valence-electron chi connectivity index (χ0n) is 12.2. The molecule has 0 spiro atoms. The highest BCUT2D eigenvalue weighted by atomic mass is 32.2. The lowest BCUT2D eigenvalue weighted by Crippen LogP contribution is -2.28. The van der Waals surface area contributed by atoms with E-state index in [2.05, 4.69) is 0 Å². The summed E-state index contributed by atoms with van der Waals surface area (Å²) >= 11 is 1.58. The van der Waals surface area contributed by atoms with Crippen molar-refractivity contribution in [1.82, 2.24) is 0 Å². The Labute approximate surface area is 133 Å². The molecule has 0 aliphatic carbocycles. The molecule has 2 aromatic carbocycles. The van der Waals surface area contributed by atoms with Gasteiger partial charge in [0.2, 0.25) is 5.91 Å². The van der Waals surface area contributed by atoms with Crippen LogP contribution in [0.2, 0.25) is 0 Å². The highest BCUT2D eigenvalue weighted by Crippen LogP contribution is 2.44. The van der Waals surface area contributed by atoms with Gasteiger partial charge in [0.05, 0.1) is 25.2 Å². The number of carbonyl (C=O) groups is 1. The molecule has 3 rings (SSSR count). The summed E-state index contributed by atoms with van der Waals surface area (Å²) in [5, 5.41) is 9.21. The van der Waals surface area contributed by atoms with Crippen molar-refractivity contribution >= 4 is 23.4 Å². The predicted molar refractivity (Wildman–Crippen MR) is 88.0 cm³/mol. The lowest BCUT2D eigenvalue weighted by molar-refractivity contribution is -0.115. The van der Waals surface area contributed by atoms with E-state index < -0.39 is 0 Å². The smallest absolute Gasteiger partial charge is 0.238 e. The van der Waals surface area contributed by atoms with Crippen molar-refractivity contribution in [2.75, 3.05) is 17.8 Å². The third-order valence-electron chi connectivity index (χ3n) is 3.63. The zero-order valence-corrected chi connectivity index (χ0v) is 13.0. The molecule has 1 aliphatic heterocycles. The Bertz CT molecular complexity index is 689. The summed E-state index contributed by atoms with van der Waals surface area (Å²) in [6.45, 7) is -0.00612. The highest BCUT2D eigenvalue weighted by Gasteiger charge is 2.35. The van der Waals surface area contributed by atoms with Crippen LogP contribution in [0.15, 0.2) is 48.5 Å². The van der Waals surface area contributed by atoms with E-state index in [-0.39, 0.29) is 17.9 Å². The van der Waals surface area contributed by atoms with Gasteiger partial charge in [0, 0.05) is 0 Å². The topological polar surface area (TPSA) is 49.8 Å². The third kappa shape index (κ3) is 2.69. The summed E-state index contributed by atoms with van der Waals surface area (Å²) in [6.07, 6.45) is 0. The number of anilines is 1. The number of aliphatic hydroxyl groups excluding tert-OH is 1. The maximum absolute atomic E-state index is 12.4. The van der Waals surface area contributed by atoms with Gasteiger partial charge < -0.3 is 9.84 Å². The van der Waals surface area contributed by atoms with Gasteiger partial charge in [-0.3, -0.25) is 9.69 Å². The monoisotopic (exact) mass is 315 g/mol. The number of aliphatic hydroxyl groups is 1. The van der Waals surface area contributed by atoms with Crippen molar-refractivity contribution in [2.24, 2.45) is 0 Å². The highest BCUT2D eigenvalue weighted by molar-refractivity contribution is 8.00. The van der Waals surface area contributed by atoms with Crippen molar-refractivity contribution in [3.05, 3.63) is 59.7 Å². The number of thioether (sulfide) groups is 1. The van der Waals surface area contributed by atoms with Gasteiger partial charge in [0.25, 0.3) is 0 Å². The fraction of sp³-hybridized carbons (Fsp3) is 0.235. The summed E-state index contributed by atoms with van der Waals surface area (Å²) in [4.78, 5) is 14.2. The first-order chi connectivity index (χ1) is 10.7. The minimum atomic E-state index is -0.102. The number of benzene rings is 2. The van der Waals surface area contributed by atoms with Gasteiger partial charge in [0.15, 0.2) is 0 Å². The number of hydrogen-bond donors (Lipinski definition) is 1. The first-order valence-electron chi connectivity index (χ1n) is 7.01. The van der Waals surface area contributed by atoms with Gasteiger partial charge in [-0.25, -0.2) is 0 Å². The van der Waals surface area contributed by atoms with E-state index in [0.717, 1.165) is 16.8 Å². The summed E-state index contributed by atoms with van der Waals surface area (Å²) in [7, 11) is 1.61. The maximum Gasteiger partial charge on any atom is 0.238 e. The van der Waals surface area contributed by atoms with Crippen molar-refractivity contribution in [3.63, 3.8) is 0 Å². The van der Waals surface area contributed by atoms with Crippen LogP contribution in [-0.2, 0) is 11.4 Å². The van der Waals surface area contributed by atoms with Crippen LogP contribution >= 0.6 is 11.8 Å². The Morgan fingerprint density at radius 2 is 2.09 bits per heavy atom. The molecule has 5 heteroatoms. The van der Waals surface area contributed by atoms with Crippen LogP contribution in [0.1, 0.15) is 16.5 Å². The van der Waals surface area contributed by atoms with Crippen LogP contribution in [0, 0.1) is 0 Å². The normalized spacial score (nSPS) is 17.8. The summed E-state index contributed by atoms with van der Waals surface area (Å²) in [5.74, 6) is 1.18. The minimum absolute atomic E-state index is 0.00612. The van der Waals surface area contributed by atoms with Gasteiger partial charge in [0.1, 0.15) is 11.1 Å². The number of nitrogens with zero attached hydrogens (tertiary/aromatic N) is 1. The van der Waals surface area contributed by atoms with Gasteiger partial charge in [-0.05, 0) is 23.3 Å². The van der Waals surface area contributed by atoms with Gasteiger partial charge in [-0.2, -0.15) is 0 Å². The number of methoxy groups -OCH3 is 1. The SMILES string of the molecule is COc1ccccc1N1C(=O)CSC1c1cccc(CO)c1. The van der Waals surface area contributed by atoms with Crippen molar-refractivity contribution in [3.8, 4) is 5.75 Å². The molecule has 114 valence electrons. The van der Waals surface area contributed by atoms with Gasteiger partial charge in [-0.1, -0.05) is 36.4 Å². The Balaban J connectivity index is 2.02. The van der Waals surface area contributed by atoms with Crippen LogP contribution in [-0.4, -0.2) is 23.9 Å². The lowest BCUT2D eigenvalue weighted by atomic mass is 10.1. The molecule has 1 fully saturated rings. The molecule has 1 atom stereocenters. The molecule has 1 unspecified atom stereocenters. The Kier molecular flexibility index (Phi) is 4.36. The second-order valence-corrected chi connectivity index (χ2v) is 6.07. The predicted octanol–water partition coefficient (Wildman–Crippen LogP) is 2.97. The number of hydrogen-bond acceptors (Lipinski definition) is 4. The largest absolute Gasteiger partial charge is 0.495 e. The average Bonchev–Trinajstić information content (AvgIpc) is 2.96. The molecule has 1 N–H and O–H groups in total. The van der Waals surface area contributed by atoms with E-state index >= 15 is 0 Å². The van der Waals surface area contributed by atoms with E-state index in [1.54, 1.807) is 23.8 Å². The molecule has 4 nitrogen and oxygen atoms in total. The number of rotatable bonds is 4. The second kappa shape index (κ2) is 6.42. The van der Waals surface area contributed by atoms with Crippen molar-refractivity contribution in [2.45, 2.75) is 12.0 Å². The quantitative estimate of drug-likeness (QED) is 0.942. The molecule has 2 aromatic rings. The van der Waals surface area contributed by atoms with Crippen LogP contribution < -0.4 is 9.64 Å². The number of amides is 1. The van der Waals surface area contributed by atoms with E-state index in [1.165, 1.54) is 0 Å². The van der Waals surface area contributed by atoms with Crippen LogP contribution in [0.3, 0.4) is 0 Å².